The van der Waals surface area contributed by atoms with Crippen LogP contribution in [-0.4, -0.2) is 61.8 Å². The Balaban J connectivity index is -0.000000655. The Morgan fingerprint density at radius 3 is 1.07 bits per heavy atom. The molecule has 0 fully saturated rings. The first-order valence-electron chi connectivity index (χ1n) is 14.9. The van der Waals surface area contributed by atoms with Gasteiger partial charge in [-0.15, -0.1) is 0 Å². The van der Waals surface area contributed by atoms with E-state index in [4.69, 9.17) is 15.0 Å². The van der Waals surface area contributed by atoms with E-state index in [1.54, 1.807) is 60.7 Å². The van der Waals surface area contributed by atoms with Crippen LogP contribution in [0.5, 0.6) is 0 Å². The summed E-state index contributed by atoms with van der Waals surface area (Å²) in [6.07, 6.45) is 17.5. The molecule has 0 unspecified atom stereocenters. The van der Waals surface area contributed by atoms with Crippen molar-refractivity contribution in [3.8, 4) is 0 Å². The molecular weight excluding hydrogens is 646 g/mol. The Morgan fingerprint density at radius 2 is 0.795 bits per heavy atom. The first-order chi connectivity index (χ1) is 20.3. The standard InChI is InChI=1S/C18H36O2.C14H10O4.CH2O3.Ca.Zn/c1-2-3-4-5-6-7-8-9-10-11-12-13-14-15-16-17-18(19)20;15-13(11-7-3-1-4-8-11)17-18-14(16)12-9-5-2-6-10-12;2-1(3)4;;/h2-17H2,1H3,(H,19,20);1-10H;(H2,2,3,4);;/q;;;2*+2/p-3. The molecule has 0 saturated heterocycles. The summed E-state index contributed by atoms with van der Waals surface area (Å²) in [5, 5.41) is 26.9. The molecule has 0 spiro atoms. The normalized spacial score (nSPS) is 9.39. The topological polar surface area (TPSA) is 156 Å². The third kappa shape index (κ3) is 31.4. The number of carbonyl (C=O) groups is 4. The maximum absolute atomic E-state index is 11.5. The van der Waals surface area contributed by atoms with Crippen LogP contribution in [0.15, 0.2) is 60.7 Å². The third-order valence-corrected chi connectivity index (χ3v) is 6.20. The van der Waals surface area contributed by atoms with Crippen molar-refractivity contribution in [3.63, 3.8) is 0 Å². The molecule has 234 valence electrons. The second-order valence-corrected chi connectivity index (χ2v) is 9.80. The first-order valence-corrected chi connectivity index (χ1v) is 14.9. The van der Waals surface area contributed by atoms with Crippen LogP contribution >= 0.6 is 0 Å². The van der Waals surface area contributed by atoms with Gasteiger partial charge in [-0.3, -0.25) is 0 Å². The van der Waals surface area contributed by atoms with Gasteiger partial charge in [-0.1, -0.05) is 133 Å². The summed E-state index contributed by atoms with van der Waals surface area (Å²) in [5.74, 6) is -2.32. The molecule has 2 aromatic rings. The zero-order valence-electron chi connectivity index (χ0n) is 26.2. The van der Waals surface area contributed by atoms with Crippen LogP contribution in [0.4, 0.5) is 4.79 Å². The number of carboxylic acids is 1. The van der Waals surface area contributed by atoms with Crippen LogP contribution in [0.1, 0.15) is 130 Å². The van der Waals surface area contributed by atoms with Gasteiger partial charge >= 0.3 is 69.2 Å². The Kier molecular flexibility index (Phi) is 35.8. The zero-order chi connectivity index (χ0) is 31.3. The van der Waals surface area contributed by atoms with E-state index in [2.05, 4.69) is 16.7 Å². The number of carboxylic acid groups (broad SMARTS) is 3. The molecule has 9 nitrogen and oxygen atoms in total. The molecule has 2 aromatic carbocycles. The van der Waals surface area contributed by atoms with Crippen molar-refractivity contribution >= 4 is 61.8 Å². The molecule has 0 aromatic heterocycles. The summed E-state index contributed by atoms with van der Waals surface area (Å²) in [4.78, 5) is 50.4. The van der Waals surface area contributed by atoms with Gasteiger partial charge < -0.3 is 24.9 Å². The van der Waals surface area contributed by atoms with Gasteiger partial charge in [-0.25, -0.2) is 19.4 Å². The molecule has 0 saturated carbocycles. The van der Waals surface area contributed by atoms with Gasteiger partial charge in [0.05, 0.1) is 11.1 Å². The van der Waals surface area contributed by atoms with Crippen molar-refractivity contribution in [1.82, 2.24) is 0 Å². The Bertz CT molecular complexity index is 920. The average Bonchev–Trinajstić information content (AvgIpc) is 2.98. The van der Waals surface area contributed by atoms with Crippen molar-refractivity contribution in [2.45, 2.75) is 110 Å². The Labute approximate surface area is 304 Å². The van der Waals surface area contributed by atoms with Crippen molar-refractivity contribution < 1.29 is 63.8 Å². The maximum atomic E-state index is 11.5. The van der Waals surface area contributed by atoms with Gasteiger partial charge in [0.1, 0.15) is 0 Å². The second-order valence-electron chi connectivity index (χ2n) is 9.80. The van der Waals surface area contributed by atoms with E-state index in [1.165, 1.54) is 83.5 Å². The fraction of sp³-hybridized carbons (Fsp3) is 0.515. The monoisotopic (exact) mass is 689 g/mol. The quantitative estimate of drug-likeness (QED) is 0.0929. The van der Waals surface area contributed by atoms with E-state index >= 15 is 0 Å². The smallest absolute Gasteiger partial charge is 0.652 e. The molecule has 0 amide bonds. The molecule has 0 heterocycles. The summed E-state index contributed by atoms with van der Waals surface area (Å²) in [6, 6.07) is 16.6. The second kappa shape index (κ2) is 33.9. The number of hydrogen-bond donors (Lipinski definition) is 0. The van der Waals surface area contributed by atoms with E-state index in [1.807, 2.05) is 0 Å². The summed E-state index contributed by atoms with van der Waals surface area (Å²) in [7, 11) is 0. The van der Waals surface area contributed by atoms with Crippen molar-refractivity contribution in [1.29, 1.82) is 0 Å². The predicted octanol–water partition coefficient (Wildman–Crippen LogP) is 4.78. The van der Waals surface area contributed by atoms with Crippen molar-refractivity contribution in [2.75, 3.05) is 0 Å². The van der Waals surface area contributed by atoms with Crippen molar-refractivity contribution in [2.24, 2.45) is 0 Å². The SMILES string of the molecule is CCCCCCCCCCCCCCCCCC(=O)[O-].O=C(OOC(=O)c1ccccc1)c1ccccc1.O=C([O-])[O-].[Ca+2].[Zn+2]. The molecule has 0 aliphatic heterocycles. The van der Waals surface area contributed by atoms with Crippen molar-refractivity contribution in [3.05, 3.63) is 71.8 Å². The summed E-state index contributed by atoms with van der Waals surface area (Å²) in [5.41, 5.74) is 0.636. The van der Waals surface area contributed by atoms with Crippen LogP contribution < -0.4 is 15.3 Å². The van der Waals surface area contributed by atoms with E-state index < -0.39 is 24.1 Å². The molecular formula is C33H45CaO9Zn+. The molecule has 11 heteroatoms. The van der Waals surface area contributed by atoms with E-state index in [0.29, 0.717) is 11.1 Å². The van der Waals surface area contributed by atoms with Gasteiger partial charge in [-0.2, -0.15) is 0 Å². The first kappa shape index (κ1) is 46.4. The zero-order valence-corrected chi connectivity index (χ0v) is 31.4. The van der Waals surface area contributed by atoms with Gasteiger partial charge in [0.2, 0.25) is 0 Å². The average molecular weight is 691 g/mol. The minimum absolute atomic E-state index is 0. The number of benzene rings is 2. The molecule has 0 aliphatic rings. The van der Waals surface area contributed by atoms with E-state index in [0.717, 1.165) is 12.8 Å². The Hall–Kier alpha value is -2.00. The fourth-order valence-corrected chi connectivity index (χ4v) is 3.96. The molecule has 2 rings (SSSR count). The Morgan fingerprint density at radius 1 is 0.523 bits per heavy atom. The van der Waals surface area contributed by atoms with E-state index in [9.17, 15) is 19.5 Å². The van der Waals surface area contributed by atoms with Gasteiger partial charge in [0.25, 0.3) is 0 Å². The van der Waals surface area contributed by atoms with Gasteiger partial charge in [0.15, 0.2) is 0 Å². The third-order valence-electron chi connectivity index (χ3n) is 6.20. The predicted molar refractivity (Wildman–Crippen MR) is 159 cm³/mol. The maximum Gasteiger partial charge on any atom is 2.00 e. The number of rotatable bonds is 18. The summed E-state index contributed by atoms with van der Waals surface area (Å²) < 4.78 is 0. The fourth-order valence-electron chi connectivity index (χ4n) is 3.96. The number of aliphatic carboxylic acids is 1. The minimum Gasteiger partial charge on any atom is -0.652 e. The molecule has 44 heavy (non-hydrogen) atoms. The number of carbonyl (C=O) groups excluding carboxylic acids is 4. The van der Waals surface area contributed by atoms with Gasteiger partial charge in [-0.05, 0) is 43.3 Å². The molecule has 0 atom stereocenters. The molecule has 0 N–H and O–H groups in total. The number of hydrogen-bond acceptors (Lipinski definition) is 9. The van der Waals surface area contributed by atoms with Gasteiger partial charge in [0, 0.05) is 5.97 Å². The van der Waals surface area contributed by atoms with Crippen LogP contribution in [0, 0.1) is 0 Å². The summed E-state index contributed by atoms with van der Waals surface area (Å²) in [6.45, 7) is 2.27. The van der Waals surface area contributed by atoms with Crippen LogP contribution in [-0.2, 0) is 34.0 Å². The molecule has 0 aliphatic carbocycles. The van der Waals surface area contributed by atoms with Crippen LogP contribution in [0.3, 0.4) is 0 Å². The molecule has 0 radical (unpaired) electrons. The van der Waals surface area contributed by atoms with Crippen LogP contribution in [0.25, 0.3) is 0 Å². The van der Waals surface area contributed by atoms with Crippen LogP contribution in [0.2, 0.25) is 0 Å². The number of unbranched alkanes of at least 4 members (excludes halogenated alkanes) is 14. The molecule has 0 bridgehead atoms. The largest absolute Gasteiger partial charge is 2.00 e. The van der Waals surface area contributed by atoms with E-state index in [-0.39, 0.29) is 63.6 Å². The summed E-state index contributed by atoms with van der Waals surface area (Å²) >= 11 is 0. The minimum atomic E-state index is -2.33.